The first-order chi connectivity index (χ1) is 11.0. The highest BCUT2D eigenvalue weighted by atomic mass is 32.2. The molecule has 0 amide bonds. The van der Waals surface area contributed by atoms with Crippen molar-refractivity contribution in [3.05, 3.63) is 41.3 Å². The summed E-state index contributed by atoms with van der Waals surface area (Å²) in [6.45, 7) is 4.18. The molecule has 23 heavy (non-hydrogen) atoms. The fraction of sp³-hybridized carbons (Fsp3) is 0.438. The Kier molecular flexibility index (Phi) is 4.41. The number of aromatic nitrogens is 1. The molecule has 1 aliphatic rings. The van der Waals surface area contributed by atoms with E-state index in [2.05, 4.69) is 9.88 Å². The molecule has 6 nitrogen and oxygen atoms in total. The molecule has 1 N–H and O–H groups in total. The van der Waals surface area contributed by atoms with Gasteiger partial charge in [0.15, 0.2) is 5.76 Å². The molecular weight excluding hydrogens is 316 g/mol. The number of rotatable bonds is 4. The lowest BCUT2D eigenvalue weighted by atomic mass is 9.97. The van der Waals surface area contributed by atoms with E-state index < -0.39 is 10.0 Å². The van der Waals surface area contributed by atoms with E-state index in [-0.39, 0.29) is 10.8 Å². The molecule has 0 spiro atoms. The van der Waals surface area contributed by atoms with Crippen molar-refractivity contribution in [2.24, 2.45) is 5.92 Å². The smallest absolute Gasteiger partial charge is 0.245 e. The molecule has 1 atom stereocenters. The first-order valence-corrected chi connectivity index (χ1v) is 9.09. The molecule has 0 bridgehead atoms. The van der Waals surface area contributed by atoms with E-state index in [1.807, 2.05) is 24.3 Å². The predicted octanol–water partition coefficient (Wildman–Crippen LogP) is 2.21. The van der Waals surface area contributed by atoms with Gasteiger partial charge < -0.3 is 9.26 Å². The highest BCUT2D eigenvalue weighted by molar-refractivity contribution is 7.89. The molecular formula is C16H20N2O4S. The third-order valence-electron chi connectivity index (χ3n) is 4.06. The number of aryl methyl sites for hydroxylation is 2. The lowest BCUT2D eigenvalue weighted by Crippen LogP contribution is -2.31. The van der Waals surface area contributed by atoms with Crippen molar-refractivity contribution in [2.45, 2.75) is 31.6 Å². The van der Waals surface area contributed by atoms with Gasteiger partial charge in [-0.05, 0) is 44.2 Å². The Bertz CT molecular complexity index is 779. The van der Waals surface area contributed by atoms with Crippen LogP contribution in [0.15, 0.2) is 33.7 Å². The van der Waals surface area contributed by atoms with Crippen molar-refractivity contribution >= 4 is 10.0 Å². The Morgan fingerprint density at radius 1 is 1.30 bits per heavy atom. The van der Waals surface area contributed by atoms with Gasteiger partial charge in [-0.25, -0.2) is 13.1 Å². The second-order valence-electron chi connectivity index (χ2n) is 5.82. The van der Waals surface area contributed by atoms with Gasteiger partial charge in [0.2, 0.25) is 10.0 Å². The molecule has 0 fully saturated rings. The molecule has 124 valence electrons. The van der Waals surface area contributed by atoms with Crippen LogP contribution >= 0.6 is 0 Å². The van der Waals surface area contributed by atoms with Crippen LogP contribution in [0.1, 0.15) is 23.4 Å². The van der Waals surface area contributed by atoms with Gasteiger partial charge in [-0.3, -0.25) is 0 Å². The number of nitrogens with one attached hydrogen (secondary N) is 1. The van der Waals surface area contributed by atoms with Crippen molar-refractivity contribution in [1.29, 1.82) is 0 Å². The zero-order valence-corrected chi connectivity index (χ0v) is 14.0. The summed E-state index contributed by atoms with van der Waals surface area (Å²) >= 11 is 0. The first-order valence-electron chi connectivity index (χ1n) is 7.60. The number of sulfonamides is 1. The minimum absolute atomic E-state index is 0.141. The molecule has 0 radical (unpaired) electrons. The fourth-order valence-corrected chi connectivity index (χ4v) is 4.34. The second-order valence-corrected chi connectivity index (χ2v) is 7.52. The summed E-state index contributed by atoms with van der Waals surface area (Å²) in [4.78, 5) is 0.141. The van der Waals surface area contributed by atoms with E-state index in [0.29, 0.717) is 24.6 Å². The summed E-state index contributed by atoms with van der Waals surface area (Å²) in [6.07, 6.45) is 1.60. The van der Waals surface area contributed by atoms with Gasteiger partial charge in [-0.15, -0.1) is 0 Å². The first kappa shape index (κ1) is 16.0. The zero-order chi connectivity index (χ0) is 16.4. The van der Waals surface area contributed by atoms with E-state index in [9.17, 15) is 8.42 Å². The van der Waals surface area contributed by atoms with E-state index in [0.717, 1.165) is 24.2 Å². The van der Waals surface area contributed by atoms with Crippen LogP contribution in [0.5, 0.6) is 5.75 Å². The van der Waals surface area contributed by atoms with Gasteiger partial charge in [0.1, 0.15) is 16.3 Å². The lowest BCUT2D eigenvalue weighted by Gasteiger charge is -2.14. The Morgan fingerprint density at radius 2 is 2.09 bits per heavy atom. The van der Waals surface area contributed by atoms with E-state index in [4.69, 9.17) is 9.26 Å². The zero-order valence-electron chi connectivity index (χ0n) is 13.2. The second kappa shape index (κ2) is 6.33. The highest BCUT2D eigenvalue weighted by Gasteiger charge is 2.26. The molecule has 7 heteroatoms. The SMILES string of the molecule is Cc1noc(C)c1S(=O)(=O)NC[C@H]1CCOc2ccccc2C1. The largest absolute Gasteiger partial charge is 0.493 e. The van der Waals surface area contributed by atoms with E-state index >= 15 is 0 Å². The summed E-state index contributed by atoms with van der Waals surface area (Å²) in [6, 6.07) is 7.89. The van der Waals surface area contributed by atoms with Crippen LogP contribution in [0, 0.1) is 19.8 Å². The van der Waals surface area contributed by atoms with Gasteiger partial charge in [-0.2, -0.15) is 0 Å². The molecule has 1 aromatic carbocycles. The summed E-state index contributed by atoms with van der Waals surface area (Å²) in [5.74, 6) is 1.39. The molecule has 3 rings (SSSR count). The summed E-state index contributed by atoms with van der Waals surface area (Å²) < 4.78 is 38.3. The normalized spacial score (nSPS) is 18.1. The lowest BCUT2D eigenvalue weighted by molar-refractivity contribution is 0.294. The van der Waals surface area contributed by atoms with Crippen LogP contribution < -0.4 is 9.46 Å². The van der Waals surface area contributed by atoms with Crippen LogP contribution in [-0.2, 0) is 16.4 Å². The van der Waals surface area contributed by atoms with Gasteiger partial charge in [0.05, 0.1) is 6.61 Å². The van der Waals surface area contributed by atoms with Gasteiger partial charge in [0.25, 0.3) is 0 Å². The van der Waals surface area contributed by atoms with Crippen molar-refractivity contribution in [3.8, 4) is 5.75 Å². The Morgan fingerprint density at radius 3 is 2.83 bits per heavy atom. The number of benzene rings is 1. The molecule has 2 aromatic rings. The topological polar surface area (TPSA) is 81.4 Å². The van der Waals surface area contributed by atoms with Crippen molar-refractivity contribution in [2.75, 3.05) is 13.2 Å². The van der Waals surface area contributed by atoms with Crippen molar-refractivity contribution in [3.63, 3.8) is 0 Å². The average Bonchev–Trinajstić information content (AvgIpc) is 2.74. The third-order valence-corrected chi connectivity index (χ3v) is 5.73. The minimum Gasteiger partial charge on any atom is -0.493 e. The van der Waals surface area contributed by atoms with Gasteiger partial charge in [-0.1, -0.05) is 23.4 Å². The number of hydrogen-bond acceptors (Lipinski definition) is 5. The average molecular weight is 336 g/mol. The Hall–Kier alpha value is -1.86. The molecule has 0 unspecified atom stereocenters. The maximum atomic E-state index is 12.5. The van der Waals surface area contributed by atoms with E-state index in [1.54, 1.807) is 13.8 Å². The number of fused-ring (bicyclic) bond motifs is 1. The minimum atomic E-state index is -3.61. The fourth-order valence-electron chi connectivity index (χ4n) is 2.89. The number of nitrogens with zero attached hydrogens (tertiary/aromatic N) is 1. The van der Waals surface area contributed by atoms with Crippen LogP contribution in [0.25, 0.3) is 0 Å². The number of hydrogen-bond donors (Lipinski definition) is 1. The monoisotopic (exact) mass is 336 g/mol. The number of ether oxygens (including phenoxy) is 1. The number of para-hydroxylation sites is 1. The van der Waals surface area contributed by atoms with E-state index in [1.165, 1.54) is 0 Å². The van der Waals surface area contributed by atoms with Crippen LogP contribution in [0.4, 0.5) is 0 Å². The van der Waals surface area contributed by atoms with Gasteiger partial charge >= 0.3 is 0 Å². The van der Waals surface area contributed by atoms with Crippen LogP contribution in [0.2, 0.25) is 0 Å². The predicted molar refractivity (Wildman–Crippen MR) is 84.9 cm³/mol. The third kappa shape index (κ3) is 3.40. The molecule has 1 aromatic heterocycles. The van der Waals surface area contributed by atoms with Crippen molar-refractivity contribution < 1.29 is 17.7 Å². The molecule has 0 aliphatic carbocycles. The summed E-state index contributed by atoms with van der Waals surface area (Å²) in [5.41, 5.74) is 1.50. The molecule has 0 saturated heterocycles. The van der Waals surface area contributed by atoms with Crippen LogP contribution in [0.3, 0.4) is 0 Å². The maximum absolute atomic E-state index is 12.5. The summed E-state index contributed by atoms with van der Waals surface area (Å²) in [5, 5.41) is 3.71. The Balaban J connectivity index is 1.71. The molecule has 0 saturated carbocycles. The Labute approximate surface area is 135 Å². The molecule has 1 aliphatic heterocycles. The standard InChI is InChI=1S/C16H20N2O4S/c1-11-16(12(2)22-18-11)23(19,20)17-10-13-7-8-21-15-6-4-3-5-14(15)9-13/h3-6,13,17H,7-10H2,1-2H3/t13-/m0/s1. The quantitative estimate of drug-likeness (QED) is 0.926. The van der Waals surface area contributed by atoms with Gasteiger partial charge in [0, 0.05) is 6.54 Å². The molecule has 2 heterocycles. The van der Waals surface area contributed by atoms with Crippen molar-refractivity contribution in [1.82, 2.24) is 9.88 Å². The maximum Gasteiger partial charge on any atom is 0.245 e. The summed E-state index contributed by atoms with van der Waals surface area (Å²) in [7, 11) is -3.61. The van der Waals surface area contributed by atoms with Crippen LogP contribution in [-0.4, -0.2) is 26.7 Å². The highest BCUT2D eigenvalue weighted by Crippen LogP contribution is 2.26.